The van der Waals surface area contributed by atoms with Crippen molar-refractivity contribution in [2.75, 3.05) is 5.73 Å². The highest BCUT2D eigenvalue weighted by atomic mass is 35.5. The quantitative estimate of drug-likeness (QED) is 0.712. The molecule has 0 aliphatic rings. The summed E-state index contributed by atoms with van der Waals surface area (Å²) < 4.78 is 0. The van der Waals surface area contributed by atoms with Crippen LogP contribution in [0.15, 0.2) is 53.3 Å². The minimum Gasteiger partial charge on any atom is -0.394 e. The van der Waals surface area contributed by atoms with Crippen LogP contribution in [-0.4, -0.2) is 4.98 Å². The van der Waals surface area contributed by atoms with Gasteiger partial charge in [-0.15, -0.1) is 0 Å². The number of fused-ring (bicyclic) bond motifs is 1. The van der Waals surface area contributed by atoms with E-state index in [0.29, 0.717) is 16.1 Å². The molecule has 0 amide bonds. The number of anilines is 1. The van der Waals surface area contributed by atoms with Crippen LogP contribution in [0.4, 0.5) is 5.69 Å². The second-order valence-corrected chi connectivity index (χ2v) is 4.73. The highest BCUT2D eigenvalue weighted by Gasteiger charge is 2.10. The minimum absolute atomic E-state index is 0.153. The molecule has 0 bridgehead atoms. The average Bonchev–Trinajstić information content (AvgIpc) is 2.44. The smallest absolute Gasteiger partial charge is 0.212 e. The van der Waals surface area contributed by atoms with E-state index in [0.717, 1.165) is 11.1 Å². The number of rotatable bonds is 1. The maximum absolute atomic E-state index is 12.2. The van der Waals surface area contributed by atoms with Gasteiger partial charge in [0.05, 0.1) is 5.69 Å². The third-order valence-electron chi connectivity index (χ3n) is 3.08. The first kappa shape index (κ1) is 11.8. The molecule has 0 aliphatic carbocycles. The fourth-order valence-corrected chi connectivity index (χ4v) is 2.22. The summed E-state index contributed by atoms with van der Waals surface area (Å²) in [5.41, 5.74) is 8.24. The van der Waals surface area contributed by atoms with Gasteiger partial charge in [-0.25, -0.2) is 0 Å². The van der Waals surface area contributed by atoms with E-state index in [1.165, 1.54) is 0 Å². The first-order valence-electron chi connectivity index (χ1n) is 5.83. The number of pyridine rings is 1. The number of hydrogen-bond acceptors (Lipinski definition) is 2. The summed E-state index contributed by atoms with van der Waals surface area (Å²) in [6, 6.07) is 14.5. The summed E-state index contributed by atoms with van der Waals surface area (Å²) in [6.07, 6.45) is 0. The fourth-order valence-electron chi connectivity index (χ4n) is 2.09. The molecule has 0 aliphatic heterocycles. The van der Waals surface area contributed by atoms with Gasteiger partial charge in [0.1, 0.15) is 5.69 Å². The zero-order valence-electron chi connectivity index (χ0n) is 9.98. The van der Waals surface area contributed by atoms with Crippen LogP contribution in [-0.2, 0) is 0 Å². The standard InChI is InChI=1S/C15H11ClN2O/c16-10-7-5-9(6-8-10)14-13(17)15(19)11-3-1-2-4-12(11)18-14/h1-8H,17H2,(H,18,19). The summed E-state index contributed by atoms with van der Waals surface area (Å²) in [4.78, 5) is 15.4. The second kappa shape index (κ2) is 4.44. The Kier molecular flexibility index (Phi) is 2.76. The molecule has 3 rings (SSSR count). The van der Waals surface area contributed by atoms with Crippen molar-refractivity contribution in [2.24, 2.45) is 0 Å². The van der Waals surface area contributed by atoms with Gasteiger partial charge in [0.25, 0.3) is 0 Å². The van der Waals surface area contributed by atoms with Crippen molar-refractivity contribution in [3.8, 4) is 11.3 Å². The Morgan fingerprint density at radius 3 is 2.42 bits per heavy atom. The molecule has 94 valence electrons. The molecule has 4 heteroatoms. The van der Waals surface area contributed by atoms with Gasteiger partial charge in [0.15, 0.2) is 0 Å². The van der Waals surface area contributed by atoms with Crippen molar-refractivity contribution in [3.63, 3.8) is 0 Å². The van der Waals surface area contributed by atoms with Crippen LogP contribution in [0.3, 0.4) is 0 Å². The molecule has 1 heterocycles. The maximum Gasteiger partial charge on any atom is 0.212 e. The summed E-state index contributed by atoms with van der Waals surface area (Å²) in [5, 5.41) is 1.24. The molecule has 0 saturated carbocycles. The maximum atomic E-state index is 12.2. The van der Waals surface area contributed by atoms with Gasteiger partial charge in [-0.3, -0.25) is 4.79 Å². The summed E-state index contributed by atoms with van der Waals surface area (Å²) in [6.45, 7) is 0. The number of aromatic nitrogens is 1. The molecule has 0 unspecified atom stereocenters. The van der Waals surface area contributed by atoms with Crippen LogP contribution in [0.25, 0.3) is 22.2 Å². The molecule has 19 heavy (non-hydrogen) atoms. The van der Waals surface area contributed by atoms with Crippen molar-refractivity contribution in [1.82, 2.24) is 4.98 Å². The van der Waals surface area contributed by atoms with Crippen LogP contribution in [0.2, 0.25) is 5.02 Å². The van der Waals surface area contributed by atoms with E-state index in [1.807, 2.05) is 30.3 Å². The van der Waals surface area contributed by atoms with Crippen molar-refractivity contribution < 1.29 is 0 Å². The Hall–Kier alpha value is -2.26. The number of nitrogen functional groups attached to an aromatic ring is 1. The van der Waals surface area contributed by atoms with E-state index in [9.17, 15) is 4.79 Å². The van der Waals surface area contributed by atoms with E-state index in [2.05, 4.69) is 4.98 Å². The van der Waals surface area contributed by atoms with Gasteiger partial charge in [0.2, 0.25) is 5.43 Å². The number of hydrogen-bond donors (Lipinski definition) is 2. The zero-order valence-corrected chi connectivity index (χ0v) is 10.7. The molecule has 0 saturated heterocycles. The summed E-state index contributed by atoms with van der Waals surface area (Å²) >= 11 is 5.86. The Bertz CT molecular complexity index is 806. The highest BCUT2D eigenvalue weighted by Crippen LogP contribution is 2.25. The van der Waals surface area contributed by atoms with Crippen molar-refractivity contribution in [1.29, 1.82) is 0 Å². The number of H-pyrrole nitrogens is 1. The second-order valence-electron chi connectivity index (χ2n) is 4.30. The molecule has 0 atom stereocenters. The van der Waals surface area contributed by atoms with Gasteiger partial charge in [-0.05, 0) is 24.3 Å². The predicted octanol–water partition coefficient (Wildman–Crippen LogP) is 3.43. The van der Waals surface area contributed by atoms with E-state index in [-0.39, 0.29) is 11.1 Å². The van der Waals surface area contributed by atoms with E-state index in [1.54, 1.807) is 18.2 Å². The van der Waals surface area contributed by atoms with Crippen molar-refractivity contribution >= 4 is 28.2 Å². The predicted molar refractivity (Wildman–Crippen MR) is 79.4 cm³/mol. The lowest BCUT2D eigenvalue weighted by Crippen LogP contribution is -2.11. The van der Waals surface area contributed by atoms with Crippen LogP contribution >= 0.6 is 11.6 Å². The Labute approximate surface area is 114 Å². The van der Waals surface area contributed by atoms with Gasteiger partial charge in [-0.1, -0.05) is 35.9 Å². The average molecular weight is 271 g/mol. The Morgan fingerprint density at radius 1 is 1.00 bits per heavy atom. The Balaban J connectivity index is 2.33. The van der Waals surface area contributed by atoms with Crippen molar-refractivity contribution in [2.45, 2.75) is 0 Å². The molecular formula is C15H11ClN2O. The first-order valence-corrected chi connectivity index (χ1v) is 6.21. The van der Waals surface area contributed by atoms with E-state index in [4.69, 9.17) is 17.3 Å². The van der Waals surface area contributed by atoms with Crippen LogP contribution in [0, 0.1) is 0 Å². The number of nitrogens with one attached hydrogen (secondary N) is 1. The van der Waals surface area contributed by atoms with E-state index >= 15 is 0 Å². The normalized spacial score (nSPS) is 10.8. The molecular weight excluding hydrogens is 260 g/mol. The van der Waals surface area contributed by atoms with Crippen molar-refractivity contribution in [3.05, 3.63) is 63.8 Å². The lowest BCUT2D eigenvalue weighted by molar-refractivity contribution is 1.38. The monoisotopic (exact) mass is 270 g/mol. The van der Waals surface area contributed by atoms with Gasteiger partial charge in [0, 0.05) is 21.5 Å². The number of nitrogens with two attached hydrogens (primary N) is 1. The molecule has 0 fully saturated rings. The topological polar surface area (TPSA) is 58.9 Å². The molecule has 0 radical (unpaired) electrons. The third-order valence-corrected chi connectivity index (χ3v) is 3.33. The SMILES string of the molecule is Nc1c(-c2ccc(Cl)cc2)[nH]c2ccccc2c1=O. The van der Waals surface area contributed by atoms with Gasteiger partial charge in [-0.2, -0.15) is 0 Å². The van der Waals surface area contributed by atoms with Crippen LogP contribution in [0.5, 0.6) is 0 Å². The molecule has 0 spiro atoms. The number of benzene rings is 2. The van der Waals surface area contributed by atoms with E-state index < -0.39 is 0 Å². The zero-order chi connectivity index (χ0) is 13.4. The Morgan fingerprint density at radius 2 is 1.68 bits per heavy atom. The molecule has 3 nitrogen and oxygen atoms in total. The number of halogens is 1. The van der Waals surface area contributed by atoms with Crippen LogP contribution in [0.1, 0.15) is 0 Å². The molecule has 3 N–H and O–H groups in total. The fraction of sp³-hybridized carbons (Fsp3) is 0. The van der Waals surface area contributed by atoms with Gasteiger partial charge >= 0.3 is 0 Å². The lowest BCUT2D eigenvalue weighted by Gasteiger charge is -2.08. The van der Waals surface area contributed by atoms with Crippen LogP contribution < -0.4 is 11.2 Å². The molecule has 1 aromatic heterocycles. The lowest BCUT2D eigenvalue weighted by atomic mass is 10.1. The minimum atomic E-state index is -0.153. The number of para-hydroxylation sites is 1. The largest absolute Gasteiger partial charge is 0.394 e. The molecule has 2 aromatic carbocycles. The summed E-state index contributed by atoms with van der Waals surface area (Å²) in [5.74, 6) is 0. The first-order chi connectivity index (χ1) is 9.16. The third kappa shape index (κ3) is 1.98. The van der Waals surface area contributed by atoms with Gasteiger partial charge < -0.3 is 10.7 Å². The highest BCUT2D eigenvalue weighted by molar-refractivity contribution is 6.30. The molecule has 3 aromatic rings. The summed E-state index contributed by atoms with van der Waals surface area (Å²) in [7, 11) is 0. The number of aromatic amines is 1.